The zero-order valence-corrected chi connectivity index (χ0v) is 19.8. The van der Waals surface area contributed by atoms with Crippen LogP contribution in [0.3, 0.4) is 0 Å². The molecule has 0 bridgehead atoms. The lowest BCUT2D eigenvalue weighted by Gasteiger charge is -2.07. The summed E-state index contributed by atoms with van der Waals surface area (Å²) in [5, 5.41) is 19.0. The van der Waals surface area contributed by atoms with E-state index in [0.29, 0.717) is 12.4 Å². The first-order valence-electron chi connectivity index (χ1n) is 12.0. The third-order valence-electron chi connectivity index (χ3n) is 5.97. The van der Waals surface area contributed by atoms with E-state index in [4.69, 9.17) is 15.1 Å². The van der Waals surface area contributed by atoms with Gasteiger partial charge in [-0.15, -0.1) is 10.2 Å². The van der Waals surface area contributed by atoms with Gasteiger partial charge in [-0.25, -0.2) is 9.67 Å². The van der Waals surface area contributed by atoms with E-state index in [1.165, 1.54) is 5.56 Å². The summed E-state index contributed by atoms with van der Waals surface area (Å²) < 4.78 is 2.05. The van der Waals surface area contributed by atoms with Gasteiger partial charge in [-0.05, 0) is 35.2 Å². The number of tetrazole rings is 1. The summed E-state index contributed by atoms with van der Waals surface area (Å²) in [5.41, 5.74) is 5.28. The van der Waals surface area contributed by atoms with Gasteiger partial charge in [0.1, 0.15) is 5.82 Å². The summed E-state index contributed by atoms with van der Waals surface area (Å²) in [5.74, 6) is 2.54. The SMILES string of the molecule is CCCCc1nc(CCc2ccccc2)nn1Cc1ccc(-c2ccc(-c3nn[nH]n3)cc2)nc1. The van der Waals surface area contributed by atoms with Gasteiger partial charge < -0.3 is 0 Å². The normalized spacial score (nSPS) is 11.1. The van der Waals surface area contributed by atoms with Crippen LogP contribution in [0.25, 0.3) is 22.6 Å². The molecule has 3 heterocycles. The van der Waals surface area contributed by atoms with Gasteiger partial charge in [0.25, 0.3) is 0 Å². The van der Waals surface area contributed by atoms with E-state index in [1.54, 1.807) is 0 Å². The van der Waals surface area contributed by atoms with Crippen LogP contribution in [0.15, 0.2) is 72.9 Å². The van der Waals surface area contributed by atoms with Crippen LogP contribution in [0, 0.1) is 0 Å². The topological polar surface area (TPSA) is 98.1 Å². The Labute approximate surface area is 204 Å². The van der Waals surface area contributed by atoms with Crippen molar-refractivity contribution in [3.63, 3.8) is 0 Å². The number of unbranched alkanes of at least 4 members (excludes halogenated alkanes) is 1. The van der Waals surface area contributed by atoms with Gasteiger partial charge in [0, 0.05) is 30.2 Å². The minimum atomic E-state index is 0.578. The molecule has 5 rings (SSSR count). The molecule has 0 aliphatic carbocycles. The first kappa shape index (κ1) is 22.6. The first-order valence-corrected chi connectivity index (χ1v) is 12.0. The van der Waals surface area contributed by atoms with Crippen molar-refractivity contribution in [3.05, 3.63) is 95.7 Å². The number of aromatic nitrogens is 8. The number of hydrogen-bond donors (Lipinski definition) is 1. The fourth-order valence-corrected chi connectivity index (χ4v) is 4.02. The molecule has 1 N–H and O–H groups in total. The minimum Gasteiger partial charge on any atom is -0.256 e. The van der Waals surface area contributed by atoms with Crippen LogP contribution in [0.5, 0.6) is 0 Å². The molecule has 0 aliphatic rings. The van der Waals surface area contributed by atoms with Crippen LogP contribution < -0.4 is 0 Å². The molecular weight excluding hydrogens is 436 g/mol. The quantitative estimate of drug-likeness (QED) is 0.322. The Balaban J connectivity index is 1.28. The van der Waals surface area contributed by atoms with Gasteiger partial charge in [-0.1, -0.05) is 74.0 Å². The number of nitrogens with one attached hydrogen (secondary N) is 1. The Bertz CT molecular complexity index is 1320. The second kappa shape index (κ2) is 10.8. The third kappa shape index (κ3) is 5.66. The highest BCUT2D eigenvalue weighted by Crippen LogP contribution is 2.21. The van der Waals surface area contributed by atoms with E-state index < -0.39 is 0 Å². The smallest absolute Gasteiger partial charge is 0.204 e. The average Bonchev–Trinajstić information content (AvgIpc) is 3.58. The Kier molecular flexibility index (Phi) is 6.98. The summed E-state index contributed by atoms with van der Waals surface area (Å²) in [7, 11) is 0. The maximum atomic E-state index is 4.87. The molecule has 5 aromatic rings. The predicted octanol–water partition coefficient (Wildman–Crippen LogP) is 4.70. The second-order valence-electron chi connectivity index (χ2n) is 8.56. The van der Waals surface area contributed by atoms with E-state index >= 15 is 0 Å². The van der Waals surface area contributed by atoms with Crippen LogP contribution in [-0.4, -0.2) is 40.4 Å². The third-order valence-corrected chi connectivity index (χ3v) is 5.97. The van der Waals surface area contributed by atoms with Gasteiger partial charge in [-0.3, -0.25) is 4.98 Å². The van der Waals surface area contributed by atoms with E-state index in [0.717, 1.165) is 66.1 Å². The summed E-state index contributed by atoms with van der Waals surface area (Å²) in [6.07, 6.45) is 6.89. The summed E-state index contributed by atoms with van der Waals surface area (Å²) in [6, 6.07) is 22.7. The molecule has 2 aromatic carbocycles. The van der Waals surface area contributed by atoms with Gasteiger partial charge in [0.05, 0.1) is 12.2 Å². The highest BCUT2D eigenvalue weighted by Gasteiger charge is 2.11. The van der Waals surface area contributed by atoms with Gasteiger partial charge in [0.2, 0.25) is 5.82 Å². The zero-order valence-electron chi connectivity index (χ0n) is 19.8. The molecule has 0 amide bonds. The summed E-state index contributed by atoms with van der Waals surface area (Å²) >= 11 is 0. The van der Waals surface area contributed by atoms with Crippen LogP contribution in [0.1, 0.15) is 42.5 Å². The maximum absolute atomic E-state index is 4.87. The Morgan fingerprint density at radius 1 is 0.829 bits per heavy atom. The molecule has 176 valence electrons. The highest BCUT2D eigenvalue weighted by atomic mass is 15.5. The van der Waals surface area contributed by atoms with Crippen molar-refractivity contribution in [2.24, 2.45) is 0 Å². The lowest BCUT2D eigenvalue weighted by atomic mass is 10.1. The van der Waals surface area contributed by atoms with E-state index in [-0.39, 0.29) is 0 Å². The monoisotopic (exact) mass is 464 g/mol. The van der Waals surface area contributed by atoms with Crippen molar-refractivity contribution < 1.29 is 0 Å². The van der Waals surface area contributed by atoms with E-state index in [2.05, 4.69) is 63.9 Å². The van der Waals surface area contributed by atoms with Crippen molar-refractivity contribution in [1.82, 2.24) is 40.4 Å². The summed E-state index contributed by atoms with van der Waals surface area (Å²) in [6.45, 7) is 2.87. The molecule has 0 fully saturated rings. The van der Waals surface area contributed by atoms with Crippen molar-refractivity contribution in [3.8, 4) is 22.6 Å². The van der Waals surface area contributed by atoms with Crippen molar-refractivity contribution in [2.75, 3.05) is 0 Å². The summed E-state index contributed by atoms with van der Waals surface area (Å²) in [4.78, 5) is 9.57. The highest BCUT2D eigenvalue weighted by molar-refractivity contribution is 5.64. The van der Waals surface area contributed by atoms with Crippen LogP contribution in [-0.2, 0) is 25.8 Å². The Hall–Kier alpha value is -4.20. The number of H-pyrrole nitrogens is 1. The number of pyridine rings is 1. The van der Waals surface area contributed by atoms with Gasteiger partial charge >= 0.3 is 0 Å². The van der Waals surface area contributed by atoms with Crippen LogP contribution in [0.2, 0.25) is 0 Å². The van der Waals surface area contributed by atoms with Gasteiger partial charge in [-0.2, -0.15) is 10.3 Å². The molecule has 0 atom stereocenters. The first-order chi connectivity index (χ1) is 17.3. The molecule has 0 spiro atoms. The zero-order chi connectivity index (χ0) is 23.9. The second-order valence-corrected chi connectivity index (χ2v) is 8.56. The van der Waals surface area contributed by atoms with Crippen molar-refractivity contribution in [1.29, 1.82) is 0 Å². The fraction of sp³-hybridized carbons (Fsp3) is 0.259. The lowest BCUT2D eigenvalue weighted by molar-refractivity contribution is 0.612. The standard InChI is InChI=1S/C27H28N8/c1-2-3-9-26-29-25(17-11-20-7-5-4-6-8-20)32-35(26)19-21-10-16-24(28-18-21)22-12-14-23(15-13-22)27-30-33-34-31-27/h4-8,10,12-16,18H,2-3,9,11,17,19H2,1H3,(H,30,31,33,34). The minimum absolute atomic E-state index is 0.578. The predicted molar refractivity (Wildman–Crippen MR) is 134 cm³/mol. The van der Waals surface area contributed by atoms with Crippen LogP contribution >= 0.6 is 0 Å². The number of hydrogen-bond acceptors (Lipinski definition) is 6. The maximum Gasteiger partial charge on any atom is 0.204 e. The lowest BCUT2D eigenvalue weighted by Crippen LogP contribution is -2.07. The molecule has 8 nitrogen and oxygen atoms in total. The van der Waals surface area contributed by atoms with E-state index in [9.17, 15) is 0 Å². The molecular formula is C27H28N8. The van der Waals surface area contributed by atoms with Crippen molar-refractivity contribution >= 4 is 0 Å². The Morgan fingerprint density at radius 2 is 1.66 bits per heavy atom. The van der Waals surface area contributed by atoms with Gasteiger partial charge in [0.15, 0.2) is 5.82 Å². The molecule has 0 saturated carbocycles. The number of nitrogens with zero attached hydrogens (tertiary/aromatic N) is 7. The molecule has 0 saturated heterocycles. The number of benzene rings is 2. The fourth-order valence-electron chi connectivity index (χ4n) is 4.02. The number of aryl methyl sites for hydroxylation is 3. The average molecular weight is 465 g/mol. The molecule has 3 aromatic heterocycles. The number of rotatable bonds is 10. The molecule has 8 heteroatoms. The number of aromatic amines is 1. The Morgan fingerprint density at radius 3 is 2.37 bits per heavy atom. The van der Waals surface area contributed by atoms with E-state index in [1.807, 2.05) is 41.2 Å². The molecule has 0 radical (unpaired) electrons. The molecule has 0 unspecified atom stereocenters. The molecule has 35 heavy (non-hydrogen) atoms. The molecule has 0 aliphatic heterocycles. The van der Waals surface area contributed by atoms with Crippen LogP contribution in [0.4, 0.5) is 0 Å². The largest absolute Gasteiger partial charge is 0.256 e. The van der Waals surface area contributed by atoms with Crippen molar-refractivity contribution in [2.45, 2.75) is 45.6 Å².